The molecule has 0 aliphatic carbocycles. The summed E-state index contributed by atoms with van der Waals surface area (Å²) in [6.45, 7) is 11.8. The Morgan fingerprint density at radius 1 is 1.50 bits per heavy atom. The molecule has 0 bridgehead atoms. The Hall–Kier alpha value is -1.54. The van der Waals surface area contributed by atoms with Crippen molar-refractivity contribution in [2.45, 2.75) is 30.8 Å². The average molecular weight is 325 g/mol. The van der Waals surface area contributed by atoms with E-state index in [1.54, 1.807) is 6.08 Å². The van der Waals surface area contributed by atoms with Crippen molar-refractivity contribution in [3.05, 3.63) is 12.7 Å². The second-order valence-electron chi connectivity index (χ2n) is 4.92. The Morgan fingerprint density at radius 2 is 2.23 bits per heavy atom. The molecule has 7 nitrogen and oxygen atoms in total. The van der Waals surface area contributed by atoms with Gasteiger partial charge < -0.3 is 15.0 Å². The molecule has 1 N–H and O–H groups in total. The molecule has 1 atom stereocenters. The van der Waals surface area contributed by atoms with Gasteiger partial charge in [0.05, 0.1) is 18.5 Å². The van der Waals surface area contributed by atoms with E-state index in [4.69, 9.17) is 4.74 Å². The lowest BCUT2D eigenvalue weighted by molar-refractivity contribution is -0.120. The van der Waals surface area contributed by atoms with Gasteiger partial charge in [-0.2, -0.15) is 0 Å². The maximum Gasteiger partial charge on any atom is 0.233 e. The molecule has 0 aromatic carbocycles. The molecule has 1 aromatic rings. The first-order chi connectivity index (χ1) is 10.7. The zero-order valence-corrected chi connectivity index (χ0v) is 13.9. The van der Waals surface area contributed by atoms with Crippen LogP contribution in [0.25, 0.3) is 0 Å². The molecule has 1 saturated heterocycles. The molecule has 1 fully saturated rings. The predicted molar refractivity (Wildman–Crippen MR) is 87.3 cm³/mol. The van der Waals surface area contributed by atoms with Crippen LogP contribution in [0.2, 0.25) is 0 Å². The summed E-state index contributed by atoms with van der Waals surface area (Å²) in [5.74, 6) is 0.829. The Labute approximate surface area is 135 Å². The van der Waals surface area contributed by atoms with E-state index in [2.05, 4.69) is 33.9 Å². The van der Waals surface area contributed by atoms with Crippen LogP contribution in [-0.2, 0) is 16.1 Å². The van der Waals surface area contributed by atoms with Crippen molar-refractivity contribution in [1.82, 2.24) is 20.1 Å². The van der Waals surface area contributed by atoms with Crippen LogP contribution < -0.4 is 10.2 Å². The maximum absolute atomic E-state index is 12.0. The lowest BCUT2D eigenvalue weighted by atomic mass is 10.4. The molecular formula is C14H23N5O2S. The number of carbonyl (C=O) groups excluding carboxylic acids is 1. The van der Waals surface area contributed by atoms with Crippen LogP contribution in [0.3, 0.4) is 0 Å². The van der Waals surface area contributed by atoms with Gasteiger partial charge >= 0.3 is 0 Å². The van der Waals surface area contributed by atoms with Gasteiger partial charge in [-0.3, -0.25) is 9.36 Å². The van der Waals surface area contributed by atoms with Crippen LogP contribution in [0, 0.1) is 0 Å². The van der Waals surface area contributed by atoms with E-state index in [0.717, 1.165) is 30.7 Å². The molecule has 2 rings (SSSR count). The summed E-state index contributed by atoms with van der Waals surface area (Å²) >= 11 is 1.42. The molecule has 8 heteroatoms. The van der Waals surface area contributed by atoms with Crippen molar-refractivity contribution in [2.75, 3.05) is 37.7 Å². The minimum Gasteiger partial charge on any atom is -0.378 e. The molecule has 1 aliphatic rings. The molecule has 122 valence electrons. The Morgan fingerprint density at radius 3 is 2.86 bits per heavy atom. The highest BCUT2D eigenvalue weighted by Gasteiger charge is 2.22. The number of morpholine rings is 1. The molecule has 0 unspecified atom stereocenters. The summed E-state index contributed by atoms with van der Waals surface area (Å²) in [6, 6.07) is 0. The number of thioether (sulfide) groups is 1. The maximum atomic E-state index is 12.0. The van der Waals surface area contributed by atoms with Crippen molar-refractivity contribution in [2.24, 2.45) is 0 Å². The van der Waals surface area contributed by atoms with Gasteiger partial charge in [-0.15, -0.1) is 16.8 Å². The number of aromatic nitrogens is 3. The average Bonchev–Trinajstić information content (AvgIpc) is 2.95. The van der Waals surface area contributed by atoms with Crippen molar-refractivity contribution < 1.29 is 9.53 Å². The first kappa shape index (κ1) is 16.8. The molecule has 2 heterocycles. The van der Waals surface area contributed by atoms with Crippen molar-refractivity contribution in [3.63, 3.8) is 0 Å². The number of amides is 1. The van der Waals surface area contributed by atoms with E-state index in [0.29, 0.717) is 19.8 Å². The van der Waals surface area contributed by atoms with Crippen molar-refractivity contribution in [3.8, 4) is 0 Å². The zero-order valence-electron chi connectivity index (χ0n) is 13.1. The van der Waals surface area contributed by atoms with Gasteiger partial charge in [-0.1, -0.05) is 17.8 Å². The fourth-order valence-electron chi connectivity index (χ4n) is 2.17. The number of anilines is 1. The third kappa shape index (κ3) is 4.01. The number of hydrogen-bond acceptors (Lipinski definition) is 6. The topological polar surface area (TPSA) is 72.3 Å². The Balaban J connectivity index is 2.06. The lowest BCUT2D eigenvalue weighted by Crippen LogP contribution is -2.38. The number of nitrogens with zero attached hydrogens (tertiary/aromatic N) is 4. The summed E-state index contributed by atoms with van der Waals surface area (Å²) in [6.07, 6.45) is 1.67. The van der Waals surface area contributed by atoms with Gasteiger partial charge in [-0.05, 0) is 13.8 Å². The van der Waals surface area contributed by atoms with Gasteiger partial charge in [0.2, 0.25) is 11.9 Å². The van der Waals surface area contributed by atoms with Crippen LogP contribution >= 0.6 is 11.8 Å². The van der Waals surface area contributed by atoms with E-state index in [1.807, 2.05) is 11.5 Å². The van der Waals surface area contributed by atoms with Crippen molar-refractivity contribution in [1.29, 1.82) is 0 Å². The Bertz CT molecular complexity index is 513. The molecule has 0 saturated carbocycles. The summed E-state index contributed by atoms with van der Waals surface area (Å²) in [5.41, 5.74) is 0. The van der Waals surface area contributed by atoms with E-state index in [1.165, 1.54) is 11.8 Å². The number of ether oxygens (including phenoxy) is 1. The third-order valence-electron chi connectivity index (χ3n) is 3.38. The second kappa shape index (κ2) is 8.19. The smallest absolute Gasteiger partial charge is 0.233 e. The third-order valence-corrected chi connectivity index (χ3v) is 4.46. The summed E-state index contributed by atoms with van der Waals surface area (Å²) in [4.78, 5) is 14.1. The molecule has 1 aromatic heterocycles. The van der Waals surface area contributed by atoms with E-state index in [9.17, 15) is 4.79 Å². The number of carbonyl (C=O) groups is 1. The van der Waals surface area contributed by atoms with Crippen LogP contribution in [0.15, 0.2) is 17.8 Å². The number of rotatable bonds is 7. The minimum atomic E-state index is -0.230. The quantitative estimate of drug-likeness (QED) is 0.594. The number of hydrogen-bond donors (Lipinski definition) is 1. The first-order valence-corrected chi connectivity index (χ1v) is 8.36. The normalized spacial score (nSPS) is 16.4. The lowest BCUT2D eigenvalue weighted by Gasteiger charge is -2.27. The Kier molecular flexibility index (Phi) is 6.26. The predicted octanol–water partition coefficient (Wildman–Crippen LogP) is 0.917. The van der Waals surface area contributed by atoms with Gasteiger partial charge in [0.1, 0.15) is 0 Å². The molecule has 0 radical (unpaired) electrons. The highest BCUT2D eigenvalue weighted by atomic mass is 32.2. The van der Waals surface area contributed by atoms with Crippen LogP contribution in [-0.4, -0.2) is 58.8 Å². The van der Waals surface area contributed by atoms with Crippen molar-refractivity contribution >= 4 is 23.6 Å². The van der Waals surface area contributed by atoms with Gasteiger partial charge in [-0.25, -0.2) is 0 Å². The van der Waals surface area contributed by atoms with Gasteiger partial charge in [0.25, 0.3) is 0 Å². The molecule has 1 amide bonds. The van der Waals surface area contributed by atoms with Crippen LogP contribution in [0.4, 0.5) is 5.95 Å². The van der Waals surface area contributed by atoms with Crippen LogP contribution in [0.1, 0.15) is 13.8 Å². The SMILES string of the molecule is C=CCNC(=O)[C@@H](C)Sc1nnc(N2CCOCC2)n1CC. The summed E-state index contributed by atoms with van der Waals surface area (Å²) in [5, 5.41) is 11.9. The monoisotopic (exact) mass is 325 g/mol. The highest BCUT2D eigenvalue weighted by molar-refractivity contribution is 8.00. The zero-order chi connectivity index (χ0) is 15.9. The first-order valence-electron chi connectivity index (χ1n) is 7.48. The van der Waals surface area contributed by atoms with Crippen LogP contribution in [0.5, 0.6) is 0 Å². The van der Waals surface area contributed by atoms with E-state index in [-0.39, 0.29) is 11.2 Å². The fourth-order valence-corrected chi connectivity index (χ4v) is 3.10. The summed E-state index contributed by atoms with van der Waals surface area (Å²) < 4.78 is 7.42. The molecule has 1 aliphatic heterocycles. The molecule has 0 spiro atoms. The van der Waals surface area contributed by atoms with Gasteiger partial charge in [0, 0.05) is 26.2 Å². The molecule has 22 heavy (non-hydrogen) atoms. The van der Waals surface area contributed by atoms with E-state index < -0.39 is 0 Å². The fraction of sp³-hybridized carbons (Fsp3) is 0.643. The standard InChI is InChI=1S/C14H23N5O2S/c1-4-6-15-12(20)11(3)22-14-17-16-13(19(14)5-2)18-7-9-21-10-8-18/h4,11H,1,5-10H2,2-3H3,(H,15,20)/t11-/m1/s1. The largest absolute Gasteiger partial charge is 0.378 e. The summed E-state index contributed by atoms with van der Waals surface area (Å²) in [7, 11) is 0. The highest BCUT2D eigenvalue weighted by Crippen LogP contribution is 2.26. The van der Waals surface area contributed by atoms with Gasteiger partial charge in [0.15, 0.2) is 5.16 Å². The van der Waals surface area contributed by atoms with E-state index >= 15 is 0 Å². The number of nitrogens with one attached hydrogen (secondary N) is 1. The minimum absolute atomic E-state index is 0.0246. The molecular weight excluding hydrogens is 302 g/mol. The second-order valence-corrected chi connectivity index (χ2v) is 6.23.